The molecule has 1 amide bonds. The normalized spacial score (nSPS) is 24.0. The van der Waals surface area contributed by atoms with E-state index in [0.717, 1.165) is 0 Å². The van der Waals surface area contributed by atoms with Crippen molar-refractivity contribution in [1.29, 1.82) is 0 Å². The molecule has 0 aliphatic heterocycles. The van der Waals surface area contributed by atoms with Crippen molar-refractivity contribution in [2.24, 2.45) is 11.8 Å². The molecular weight excluding hydrogens is 302 g/mol. The first-order valence-corrected chi connectivity index (χ1v) is 7.83. The lowest BCUT2D eigenvalue weighted by Gasteiger charge is -2.24. The average Bonchev–Trinajstić information content (AvgIpc) is 2.73. The van der Waals surface area contributed by atoms with Gasteiger partial charge in [-0.25, -0.2) is 4.79 Å². The van der Waals surface area contributed by atoms with Gasteiger partial charge in [0.2, 0.25) is 0 Å². The average molecular weight is 329 g/mol. The molecule has 0 spiro atoms. The molecule has 1 aliphatic rings. The van der Waals surface area contributed by atoms with Crippen molar-refractivity contribution < 1.29 is 28.6 Å². The summed E-state index contributed by atoms with van der Waals surface area (Å²) in [5, 5.41) is 2.83. The summed E-state index contributed by atoms with van der Waals surface area (Å²) in [5.41, 5.74) is -0.578. The van der Waals surface area contributed by atoms with Gasteiger partial charge in [-0.3, -0.25) is 9.59 Å². The van der Waals surface area contributed by atoms with Crippen LogP contribution in [-0.4, -0.2) is 42.9 Å². The van der Waals surface area contributed by atoms with E-state index in [1.165, 1.54) is 13.8 Å². The van der Waals surface area contributed by atoms with Crippen LogP contribution in [0.5, 0.6) is 0 Å². The van der Waals surface area contributed by atoms with E-state index in [4.69, 9.17) is 14.2 Å². The number of amides is 1. The summed E-state index contributed by atoms with van der Waals surface area (Å²) >= 11 is 0. The van der Waals surface area contributed by atoms with E-state index in [0.29, 0.717) is 19.4 Å². The van der Waals surface area contributed by atoms with E-state index in [1.807, 2.05) is 0 Å². The van der Waals surface area contributed by atoms with Crippen molar-refractivity contribution in [3.8, 4) is 0 Å². The van der Waals surface area contributed by atoms with Crippen LogP contribution in [0, 0.1) is 11.8 Å². The Kier molecular flexibility index (Phi) is 6.84. The SMILES string of the molecule is CC(=O)OC[C@@H]1C[C@@H](COC(C)=O)[C@H](NC(=O)OC(C)(C)C)C1. The maximum Gasteiger partial charge on any atom is 0.407 e. The van der Waals surface area contributed by atoms with Gasteiger partial charge in [0, 0.05) is 25.8 Å². The number of alkyl carbamates (subject to hydrolysis) is 1. The van der Waals surface area contributed by atoms with Crippen molar-refractivity contribution in [2.75, 3.05) is 13.2 Å². The lowest BCUT2D eigenvalue weighted by Crippen LogP contribution is -2.42. The number of hydrogen-bond donors (Lipinski definition) is 1. The summed E-state index contributed by atoms with van der Waals surface area (Å²) in [6, 6.07) is -0.176. The second kappa shape index (κ2) is 8.17. The maximum absolute atomic E-state index is 11.9. The molecule has 0 bridgehead atoms. The number of nitrogens with one attached hydrogen (secondary N) is 1. The van der Waals surface area contributed by atoms with Crippen LogP contribution in [0.15, 0.2) is 0 Å². The molecule has 7 heteroatoms. The van der Waals surface area contributed by atoms with Gasteiger partial charge in [0.25, 0.3) is 0 Å². The van der Waals surface area contributed by atoms with E-state index >= 15 is 0 Å². The van der Waals surface area contributed by atoms with Gasteiger partial charge in [-0.05, 0) is 39.5 Å². The Morgan fingerprint density at radius 2 is 1.57 bits per heavy atom. The summed E-state index contributed by atoms with van der Waals surface area (Å²) in [6.07, 6.45) is 0.864. The summed E-state index contributed by atoms with van der Waals surface area (Å²) in [6.45, 7) is 8.62. The zero-order chi connectivity index (χ0) is 17.6. The summed E-state index contributed by atoms with van der Waals surface area (Å²) in [5.74, 6) is -0.582. The molecule has 1 aliphatic carbocycles. The minimum atomic E-state index is -0.578. The second-order valence-electron chi connectivity index (χ2n) is 6.96. The lowest BCUT2D eigenvalue weighted by atomic mass is 10.0. The van der Waals surface area contributed by atoms with Crippen molar-refractivity contribution in [1.82, 2.24) is 5.32 Å². The molecule has 0 aromatic heterocycles. The molecule has 1 fully saturated rings. The van der Waals surface area contributed by atoms with Crippen molar-refractivity contribution in [3.05, 3.63) is 0 Å². The Morgan fingerprint density at radius 1 is 1.00 bits per heavy atom. The largest absolute Gasteiger partial charge is 0.466 e. The van der Waals surface area contributed by atoms with Gasteiger partial charge in [-0.15, -0.1) is 0 Å². The molecule has 1 N–H and O–H groups in total. The Bertz CT molecular complexity index is 442. The first kappa shape index (κ1) is 19.3. The molecule has 0 aromatic carbocycles. The highest BCUT2D eigenvalue weighted by molar-refractivity contribution is 5.68. The third kappa shape index (κ3) is 7.85. The number of ether oxygens (including phenoxy) is 3. The summed E-state index contributed by atoms with van der Waals surface area (Å²) in [4.78, 5) is 33.9. The molecule has 0 aromatic rings. The highest BCUT2D eigenvalue weighted by Crippen LogP contribution is 2.32. The van der Waals surface area contributed by atoms with E-state index in [2.05, 4.69) is 5.32 Å². The highest BCUT2D eigenvalue weighted by Gasteiger charge is 2.37. The third-order valence-electron chi connectivity index (χ3n) is 3.52. The minimum Gasteiger partial charge on any atom is -0.466 e. The van der Waals surface area contributed by atoms with Gasteiger partial charge in [-0.2, -0.15) is 0 Å². The second-order valence-corrected chi connectivity index (χ2v) is 6.96. The van der Waals surface area contributed by atoms with Gasteiger partial charge in [-0.1, -0.05) is 0 Å². The molecule has 0 saturated heterocycles. The molecule has 132 valence electrons. The van der Waals surface area contributed by atoms with E-state index in [9.17, 15) is 14.4 Å². The van der Waals surface area contributed by atoms with Crippen LogP contribution in [0.1, 0.15) is 47.5 Å². The number of hydrogen-bond acceptors (Lipinski definition) is 6. The van der Waals surface area contributed by atoms with Crippen molar-refractivity contribution in [3.63, 3.8) is 0 Å². The van der Waals surface area contributed by atoms with Gasteiger partial charge >= 0.3 is 18.0 Å². The quantitative estimate of drug-likeness (QED) is 0.613. The smallest absolute Gasteiger partial charge is 0.407 e. The molecule has 7 nitrogen and oxygen atoms in total. The summed E-state index contributed by atoms with van der Waals surface area (Å²) < 4.78 is 15.4. The molecular formula is C16H27NO6. The fraction of sp³-hybridized carbons (Fsp3) is 0.812. The Balaban J connectivity index is 2.60. The van der Waals surface area contributed by atoms with Crippen LogP contribution in [0.3, 0.4) is 0 Å². The van der Waals surface area contributed by atoms with E-state index in [1.54, 1.807) is 20.8 Å². The van der Waals surface area contributed by atoms with Crippen molar-refractivity contribution in [2.45, 2.75) is 59.1 Å². The van der Waals surface area contributed by atoms with Gasteiger partial charge in [0.1, 0.15) is 5.60 Å². The molecule has 1 saturated carbocycles. The van der Waals surface area contributed by atoms with Crippen molar-refractivity contribution >= 4 is 18.0 Å². The van der Waals surface area contributed by atoms with Gasteiger partial charge in [0.05, 0.1) is 13.2 Å². The first-order valence-electron chi connectivity index (χ1n) is 7.83. The molecule has 3 atom stereocenters. The van der Waals surface area contributed by atoms with Crippen LogP contribution >= 0.6 is 0 Å². The fourth-order valence-corrected chi connectivity index (χ4v) is 2.66. The van der Waals surface area contributed by atoms with Gasteiger partial charge in [0.15, 0.2) is 0 Å². The van der Waals surface area contributed by atoms with Gasteiger partial charge < -0.3 is 19.5 Å². The van der Waals surface area contributed by atoms with Crippen LogP contribution in [0.4, 0.5) is 4.79 Å². The van der Waals surface area contributed by atoms with Crippen LogP contribution in [0.2, 0.25) is 0 Å². The molecule has 1 rings (SSSR count). The third-order valence-corrected chi connectivity index (χ3v) is 3.52. The molecule has 23 heavy (non-hydrogen) atoms. The van der Waals surface area contributed by atoms with E-state index < -0.39 is 11.7 Å². The number of rotatable bonds is 5. The predicted octanol–water partition coefficient (Wildman–Crippen LogP) is 2.03. The molecule has 0 unspecified atom stereocenters. The number of carbonyl (C=O) groups is 3. The molecule has 0 radical (unpaired) electrons. The maximum atomic E-state index is 11.9. The zero-order valence-electron chi connectivity index (χ0n) is 14.5. The standard InChI is InChI=1S/C16H27NO6/c1-10(18)21-8-12-6-13(9-22-11(2)19)14(7-12)17-15(20)23-16(3,4)5/h12-14H,6-9H2,1-5H3,(H,17,20)/t12-,13+,14-/m1/s1. The highest BCUT2D eigenvalue weighted by atomic mass is 16.6. The Morgan fingerprint density at radius 3 is 2.09 bits per heavy atom. The van der Waals surface area contributed by atoms with E-state index in [-0.39, 0.29) is 36.4 Å². The van der Waals surface area contributed by atoms with Crippen LogP contribution in [-0.2, 0) is 23.8 Å². The number of carbonyl (C=O) groups excluding carboxylic acids is 3. The minimum absolute atomic E-state index is 0.0213. The fourth-order valence-electron chi connectivity index (χ4n) is 2.66. The molecule has 0 heterocycles. The van der Waals surface area contributed by atoms with Crippen LogP contribution in [0.25, 0.3) is 0 Å². The lowest BCUT2D eigenvalue weighted by molar-refractivity contribution is -0.142. The Labute approximate surface area is 137 Å². The first-order chi connectivity index (χ1) is 10.6. The Hall–Kier alpha value is -1.79. The topological polar surface area (TPSA) is 90.9 Å². The zero-order valence-corrected chi connectivity index (χ0v) is 14.5. The summed E-state index contributed by atoms with van der Waals surface area (Å²) in [7, 11) is 0. The number of esters is 2. The predicted molar refractivity (Wildman–Crippen MR) is 82.6 cm³/mol. The van der Waals surface area contributed by atoms with Crippen LogP contribution < -0.4 is 5.32 Å². The monoisotopic (exact) mass is 329 g/mol.